The van der Waals surface area contributed by atoms with Crippen LogP contribution in [0.5, 0.6) is 5.75 Å². The summed E-state index contributed by atoms with van der Waals surface area (Å²) in [5, 5.41) is 10.9. The standard InChI is InChI=1S/C16H21ClO2/c17-14-8-10-15(11-9-14)19-12-16(18)13-6-4-2-1-3-5-7-13/h6,8-11,16,18H,1-5,7,12H2/b13-6+. The first kappa shape index (κ1) is 14.4. The number of ether oxygens (including phenoxy) is 1. The molecule has 1 aliphatic rings. The number of halogens is 1. The van der Waals surface area contributed by atoms with Crippen molar-refractivity contribution in [2.24, 2.45) is 0 Å². The van der Waals surface area contributed by atoms with Gasteiger partial charge in [0.25, 0.3) is 0 Å². The molecule has 0 amide bonds. The van der Waals surface area contributed by atoms with Crippen LogP contribution >= 0.6 is 11.6 Å². The molecule has 104 valence electrons. The van der Waals surface area contributed by atoms with Gasteiger partial charge in [-0.2, -0.15) is 0 Å². The fourth-order valence-electron chi connectivity index (χ4n) is 2.33. The minimum absolute atomic E-state index is 0.313. The summed E-state index contributed by atoms with van der Waals surface area (Å²) in [4.78, 5) is 0. The van der Waals surface area contributed by atoms with Crippen LogP contribution in [0.25, 0.3) is 0 Å². The van der Waals surface area contributed by atoms with Crippen LogP contribution in [0.2, 0.25) is 5.02 Å². The predicted octanol–water partition coefficient (Wildman–Crippen LogP) is 4.36. The average Bonchev–Trinajstić information content (AvgIpc) is 2.37. The van der Waals surface area contributed by atoms with E-state index in [2.05, 4.69) is 6.08 Å². The zero-order valence-corrected chi connectivity index (χ0v) is 11.9. The van der Waals surface area contributed by atoms with Gasteiger partial charge in [-0.3, -0.25) is 0 Å². The van der Waals surface area contributed by atoms with Gasteiger partial charge in [-0.25, -0.2) is 0 Å². The summed E-state index contributed by atoms with van der Waals surface area (Å²) in [6, 6.07) is 7.22. The van der Waals surface area contributed by atoms with Gasteiger partial charge >= 0.3 is 0 Å². The van der Waals surface area contributed by atoms with Crippen molar-refractivity contribution in [2.75, 3.05) is 6.61 Å². The van der Waals surface area contributed by atoms with Crippen molar-refractivity contribution < 1.29 is 9.84 Å². The molecule has 0 fully saturated rings. The molecule has 1 N–H and O–H groups in total. The van der Waals surface area contributed by atoms with Gasteiger partial charge in [-0.05, 0) is 55.5 Å². The number of aliphatic hydroxyl groups excluding tert-OH is 1. The molecular weight excluding hydrogens is 260 g/mol. The number of rotatable bonds is 4. The molecule has 1 atom stereocenters. The Kier molecular flexibility index (Phi) is 5.74. The molecule has 1 aromatic rings. The second-order valence-corrected chi connectivity index (χ2v) is 5.45. The highest BCUT2D eigenvalue weighted by molar-refractivity contribution is 6.30. The summed E-state index contributed by atoms with van der Waals surface area (Å²) in [5.74, 6) is 0.745. The average molecular weight is 281 g/mol. The Labute approximate surface area is 120 Å². The molecule has 1 unspecified atom stereocenters. The molecule has 0 bridgehead atoms. The molecule has 0 radical (unpaired) electrons. The lowest BCUT2D eigenvalue weighted by molar-refractivity contribution is 0.131. The third-order valence-corrected chi connectivity index (χ3v) is 3.73. The Hall–Kier alpha value is -0.990. The normalized spacial score (nSPS) is 20.8. The maximum atomic E-state index is 10.2. The molecule has 2 nitrogen and oxygen atoms in total. The Bertz CT molecular complexity index is 411. The lowest BCUT2D eigenvalue weighted by Crippen LogP contribution is -2.20. The fraction of sp³-hybridized carbons (Fsp3) is 0.500. The van der Waals surface area contributed by atoms with E-state index in [4.69, 9.17) is 16.3 Å². The van der Waals surface area contributed by atoms with Crippen LogP contribution in [0.1, 0.15) is 38.5 Å². The van der Waals surface area contributed by atoms with Crippen LogP contribution < -0.4 is 4.74 Å². The van der Waals surface area contributed by atoms with Crippen molar-refractivity contribution in [3.05, 3.63) is 40.9 Å². The highest BCUT2D eigenvalue weighted by Crippen LogP contribution is 2.21. The number of allylic oxidation sites excluding steroid dienone is 1. The van der Waals surface area contributed by atoms with Gasteiger partial charge in [-0.1, -0.05) is 30.5 Å². The van der Waals surface area contributed by atoms with Gasteiger partial charge in [-0.15, -0.1) is 0 Å². The van der Waals surface area contributed by atoms with E-state index in [0.29, 0.717) is 11.6 Å². The van der Waals surface area contributed by atoms with E-state index in [1.807, 2.05) is 12.1 Å². The van der Waals surface area contributed by atoms with Crippen LogP contribution in [-0.4, -0.2) is 17.8 Å². The van der Waals surface area contributed by atoms with Crippen molar-refractivity contribution in [2.45, 2.75) is 44.6 Å². The monoisotopic (exact) mass is 280 g/mol. The molecule has 3 heteroatoms. The number of benzene rings is 1. The molecular formula is C16H21ClO2. The Morgan fingerprint density at radius 3 is 2.63 bits per heavy atom. The maximum absolute atomic E-state index is 10.2. The molecule has 2 rings (SSSR count). The van der Waals surface area contributed by atoms with Gasteiger partial charge < -0.3 is 9.84 Å². The lowest BCUT2D eigenvalue weighted by atomic mass is 9.97. The maximum Gasteiger partial charge on any atom is 0.119 e. The number of hydrogen-bond donors (Lipinski definition) is 1. The van der Waals surface area contributed by atoms with E-state index in [0.717, 1.165) is 24.2 Å². The molecule has 0 aromatic heterocycles. The first-order chi connectivity index (χ1) is 9.25. The lowest BCUT2D eigenvalue weighted by Gasteiger charge is -2.18. The number of aliphatic hydroxyl groups is 1. The summed E-state index contributed by atoms with van der Waals surface area (Å²) in [5.41, 5.74) is 1.13. The quantitative estimate of drug-likeness (QED) is 0.831. The molecule has 1 aromatic carbocycles. The molecule has 1 aliphatic carbocycles. The summed E-state index contributed by atoms with van der Waals surface area (Å²) >= 11 is 5.82. The minimum Gasteiger partial charge on any atom is -0.491 e. The summed E-state index contributed by atoms with van der Waals surface area (Å²) < 4.78 is 5.60. The summed E-state index contributed by atoms with van der Waals surface area (Å²) in [7, 11) is 0. The number of hydrogen-bond acceptors (Lipinski definition) is 2. The highest BCUT2D eigenvalue weighted by atomic mass is 35.5. The van der Waals surface area contributed by atoms with Crippen LogP contribution in [0.15, 0.2) is 35.9 Å². The Morgan fingerprint density at radius 2 is 1.84 bits per heavy atom. The van der Waals surface area contributed by atoms with E-state index in [1.54, 1.807) is 12.1 Å². The summed E-state index contributed by atoms with van der Waals surface area (Å²) in [6.45, 7) is 0.313. The van der Waals surface area contributed by atoms with E-state index in [1.165, 1.54) is 25.7 Å². The zero-order valence-electron chi connectivity index (χ0n) is 11.1. The molecule has 0 aliphatic heterocycles. The van der Waals surface area contributed by atoms with Gasteiger partial charge in [0.05, 0.1) is 0 Å². The fourth-order valence-corrected chi connectivity index (χ4v) is 2.46. The third kappa shape index (κ3) is 4.88. The van der Waals surface area contributed by atoms with Gasteiger partial charge in [0.1, 0.15) is 18.5 Å². The second kappa shape index (κ2) is 7.56. The Morgan fingerprint density at radius 1 is 1.11 bits per heavy atom. The van der Waals surface area contributed by atoms with Crippen LogP contribution in [0.3, 0.4) is 0 Å². The highest BCUT2D eigenvalue weighted by Gasteiger charge is 2.12. The summed E-state index contributed by atoms with van der Waals surface area (Å²) in [6.07, 6.45) is 8.74. The van der Waals surface area contributed by atoms with Crippen molar-refractivity contribution in [1.82, 2.24) is 0 Å². The first-order valence-electron chi connectivity index (χ1n) is 7.01. The smallest absolute Gasteiger partial charge is 0.119 e. The van der Waals surface area contributed by atoms with Gasteiger partial charge in [0, 0.05) is 5.02 Å². The molecule has 0 saturated heterocycles. The van der Waals surface area contributed by atoms with E-state index in [9.17, 15) is 5.11 Å². The van der Waals surface area contributed by atoms with Crippen LogP contribution in [-0.2, 0) is 0 Å². The van der Waals surface area contributed by atoms with Crippen molar-refractivity contribution in [3.63, 3.8) is 0 Å². The predicted molar refractivity (Wildman–Crippen MR) is 78.7 cm³/mol. The van der Waals surface area contributed by atoms with E-state index in [-0.39, 0.29) is 0 Å². The van der Waals surface area contributed by atoms with Crippen LogP contribution in [0, 0.1) is 0 Å². The van der Waals surface area contributed by atoms with Crippen molar-refractivity contribution in [1.29, 1.82) is 0 Å². The Balaban J connectivity index is 1.85. The molecule has 0 saturated carbocycles. The third-order valence-electron chi connectivity index (χ3n) is 3.48. The van der Waals surface area contributed by atoms with E-state index < -0.39 is 6.10 Å². The molecule has 0 heterocycles. The van der Waals surface area contributed by atoms with Gasteiger partial charge in [0.2, 0.25) is 0 Å². The second-order valence-electron chi connectivity index (χ2n) is 5.01. The largest absolute Gasteiger partial charge is 0.491 e. The topological polar surface area (TPSA) is 29.5 Å². The van der Waals surface area contributed by atoms with E-state index >= 15 is 0 Å². The van der Waals surface area contributed by atoms with Crippen molar-refractivity contribution >= 4 is 11.6 Å². The molecule has 19 heavy (non-hydrogen) atoms. The van der Waals surface area contributed by atoms with Crippen molar-refractivity contribution in [3.8, 4) is 5.75 Å². The molecule has 0 spiro atoms. The first-order valence-corrected chi connectivity index (χ1v) is 7.39. The van der Waals surface area contributed by atoms with Crippen LogP contribution in [0.4, 0.5) is 0 Å². The zero-order chi connectivity index (χ0) is 13.5. The van der Waals surface area contributed by atoms with Gasteiger partial charge in [0.15, 0.2) is 0 Å². The minimum atomic E-state index is -0.492. The SMILES string of the molecule is OC(COc1ccc(Cl)cc1)/C1=C/CCCCCC1.